The van der Waals surface area contributed by atoms with Crippen molar-refractivity contribution in [3.63, 3.8) is 0 Å². The number of carbonyl (C=O) groups excluding carboxylic acids is 1. The van der Waals surface area contributed by atoms with Crippen LogP contribution in [0.4, 0.5) is 0 Å². The molecule has 0 radical (unpaired) electrons. The third-order valence-electron chi connectivity index (χ3n) is 7.52. The first kappa shape index (κ1) is 22.7. The van der Waals surface area contributed by atoms with Crippen LogP contribution in [-0.2, 0) is 16.0 Å². The van der Waals surface area contributed by atoms with Crippen LogP contribution in [-0.4, -0.2) is 50.7 Å². The molecule has 170 valence electrons. The summed E-state index contributed by atoms with van der Waals surface area (Å²) in [7, 11) is 0. The number of fused-ring (bicyclic) bond motifs is 1. The minimum absolute atomic E-state index is 0.0847. The lowest BCUT2D eigenvalue weighted by molar-refractivity contribution is -0.162. The van der Waals surface area contributed by atoms with Gasteiger partial charge < -0.3 is 10.0 Å². The Morgan fingerprint density at radius 3 is 2.10 bits per heavy atom. The molecule has 1 aromatic carbocycles. The Bertz CT molecular complexity index is 756. The number of carboxylic acid groups (broad SMARTS) is 1. The molecule has 5 nitrogen and oxygen atoms in total. The molecule has 0 bridgehead atoms. The molecule has 0 saturated heterocycles. The summed E-state index contributed by atoms with van der Waals surface area (Å²) in [5, 5.41) is 10.1. The number of hydrogen-bond acceptors (Lipinski definition) is 4. The first-order chi connectivity index (χ1) is 15.1. The van der Waals surface area contributed by atoms with E-state index in [0.717, 1.165) is 36.8 Å². The molecule has 1 heterocycles. The Hall–Kier alpha value is -1.53. The highest BCUT2D eigenvalue weighted by molar-refractivity contribution is 7.80. The Morgan fingerprint density at radius 2 is 1.55 bits per heavy atom. The molecule has 3 aliphatic rings. The maximum Gasteiger partial charge on any atom is 0.326 e. The van der Waals surface area contributed by atoms with Crippen molar-refractivity contribution in [1.29, 1.82) is 0 Å². The predicted octanol–water partition coefficient (Wildman–Crippen LogP) is 4.81. The van der Waals surface area contributed by atoms with Crippen molar-refractivity contribution in [3.05, 3.63) is 35.4 Å². The zero-order chi connectivity index (χ0) is 21.8. The average molecular weight is 445 g/mol. The molecule has 4 rings (SSSR count). The summed E-state index contributed by atoms with van der Waals surface area (Å²) in [5.74, 6) is -0.555. The van der Waals surface area contributed by atoms with Gasteiger partial charge in [0.1, 0.15) is 12.2 Å². The van der Waals surface area contributed by atoms with Crippen molar-refractivity contribution in [2.45, 2.75) is 101 Å². The summed E-state index contributed by atoms with van der Waals surface area (Å²) in [6.07, 6.45) is 12.3. The molecule has 2 unspecified atom stereocenters. The van der Waals surface area contributed by atoms with Crippen LogP contribution in [0.15, 0.2) is 24.3 Å². The number of nitrogens with zero attached hydrogens (tertiary/aromatic N) is 2. The van der Waals surface area contributed by atoms with Crippen LogP contribution in [0, 0.1) is 0 Å². The van der Waals surface area contributed by atoms with Crippen LogP contribution in [0.3, 0.4) is 0 Å². The molecule has 0 aromatic heterocycles. The van der Waals surface area contributed by atoms with Gasteiger partial charge in [0.25, 0.3) is 0 Å². The van der Waals surface area contributed by atoms with E-state index in [1.54, 1.807) is 4.90 Å². The molecule has 1 N–H and O–H groups in total. The highest BCUT2D eigenvalue weighted by Gasteiger charge is 2.46. The van der Waals surface area contributed by atoms with Gasteiger partial charge in [0, 0.05) is 24.9 Å². The van der Waals surface area contributed by atoms with Crippen LogP contribution in [0.25, 0.3) is 0 Å². The molecular weight excluding hydrogens is 408 g/mol. The number of rotatable bonds is 6. The van der Waals surface area contributed by atoms with Gasteiger partial charge >= 0.3 is 5.97 Å². The molecule has 2 fully saturated rings. The molecule has 31 heavy (non-hydrogen) atoms. The third kappa shape index (κ3) is 4.80. The Labute approximate surface area is 191 Å². The lowest BCUT2D eigenvalue weighted by atomic mass is 9.84. The van der Waals surface area contributed by atoms with Crippen LogP contribution in [0.5, 0.6) is 0 Å². The zero-order valence-corrected chi connectivity index (χ0v) is 19.3. The predicted molar refractivity (Wildman–Crippen MR) is 125 cm³/mol. The fraction of sp³-hybridized carbons (Fsp3) is 0.680. The first-order valence-electron chi connectivity index (χ1n) is 12.1. The van der Waals surface area contributed by atoms with Gasteiger partial charge in [-0.2, -0.15) is 12.6 Å². The summed E-state index contributed by atoms with van der Waals surface area (Å²) < 4.78 is 0. The van der Waals surface area contributed by atoms with Gasteiger partial charge in [-0.05, 0) is 42.6 Å². The molecular formula is C25H36N2O3S. The number of aliphatic carboxylic acids is 1. The van der Waals surface area contributed by atoms with Crippen LogP contribution >= 0.6 is 12.6 Å². The van der Waals surface area contributed by atoms with Gasteiger partial charge in [0.05, 0.1) is 0 Å². The van der Waals surface area contributed by atoms with E-state index in [2.05, 4.69) is 29.7 Å². The fourth-order valence-electron chi connectivity index (χ4n) is 6.10. The summed E-state index contributed by atoms with van der Waals surface area (Å²) in [5.41, 5.74) is 2.20. The minimum atomic E-state index is -0.903. The van der Waals surface area contributed by atoms with Crippen molar-refractivity contribution in [2.75, 3.05) is 5.75 Å². The standard InChI is InChI=1S/C25H36N2O3S/c28-23(15-16-31)27-22(25(29)30)17-18-9-7-8-14-21(18)24(27)26(19-10-3-1-4-11-19)20-12-5-2-6-13-20/h7-9,14,19-20,22,24,31H,1-6,10-13,15-17H2,(H,29,30). The number of thiol groups is 1. The van der Waals surface area contributed by atoms with E-state index in [4.69, 9.17) is 0 Å². The molecule has 0 spiro atoms. The highest BCUT2D eigenvalue weighted by atomic mass is 32.1. The van der Waals surface area contributed by atoms with Gasteiger partial charge in [-0.1, -0.05) is 62.8 Å². The smallest absolute Gasteiger partial charge is 0.326 e. The van der Waals surface area contributed by atoms with Crippen molar-refractivity contribution < 1.29 is 14.7 Å². The molecule has 2 saturated carbocycles. The van der Waals surface area contributed by atoms with E-state index in [0.29, 0.717) is 24.3 Å². The van der Waals surface area contributed by atoms with E-state index in [1.165, 1.54) is 38.5 Å². The molecule has 6 heteroatoms. The van der Waals surface area contributed by atoms with Crippen molar-refractivity contribution >= 4 is 24.5 Å². The molecule has 2 aliphatic carbocycles. The summed E-state index contributed by atoms with van der Waals surface area (Å²) in [6.45, 7) is 0. The molecule has 1 aliphatic heterocycles. The van der Waals surface area contributed by atoms with Gasteiger partial charge in [-0.15, -0.1) is 0 Å². The van der Waals surface area contributed by atoms with Gasteiger partial charge in [0.2, 0.25) is 5.91 Å². The summed E-state index contributed by atoms with van der Waals surface area (Å²) in [4.78, 5) is 30.1. The number of benzene rings is 1. The van der Waals surface area contributed by atoms with Crippen LogP contribution < -0.4 is 0 Å². The topological polar surface area (TPSA) is 60.9 Å². The number of carboxylic acids is 1. The fourth-order valence-corrected chi connectivity index (χ4v) is 6.29. The van der Waals surface area contributed by atoms with E-state index in [1.807, 2.05) is 12.1 Å². The van der Waals surface area contributed by atoms with E-state index in [9.17, 15) is 14.7 Å². The van der Waals surface area contributed by atoms with Crippen molar-refractivity contribution in [3.8, 4) is 0 Å². The Balaban J connectivity index is 1.82. The van der Waals surface area contributed by atoms with Gasteiger partial charge in [-0.3, -0.25) is 9.69 Å². The SMILES string of the molecule is O=C(O)C1Cc2ccccc2C(N(C2CCCCC2)C2CCCCC2)N1C(=O)CCS. The first-order valence-corrected chi connectivity index (χ1v) is 12.7. The van der Waals surface area contributed by atoms with E-state index in [-0.39, 0.29) is 18.5 Å². The summed E-state index contributed by atoms with van der Waals surface area (Å²) >= 11 is 4.29. The maximum atomic E-state index is 13.4. The maximum absolute atomic E-state index is 13.4. The Kier molecular flexibility index (Phi) is 7.59. The van der Waals surface area contributed by atoms with E-state index < -0.39 is 12.0 Å². The average Bonchev–Trinajstić information content (AvgIpc) is 2.80. The quantitative estimate of drug-likeness (QED) is 0.618. The monoisotopic (exact) mass is 444 g/mol. The lowest BCUT2D eigenvalue weighted by Crippen LogP contribution is -2.60. The zero-order valence-electron chi connectivity index (χ0n) is 18.4. The lowest BCUT2D eigenvalue weighted by Gasteiger charge is -2.53. The van der Waals surface area contributed by atoms with Crippen molar-refractivity contribution in [1.82, 2.24) is 9.80 Å². The van der Waals surface area contributed by atoms with Crippen LogP contribution in [0.1, 0.15) is 87.9 Å². The second-order valence-electron chi connectivity index (χ2n) is 9.44. The highest BCUT2D eigenvalue weighted by Crippen LogP contribution is 2.43. The minimum Gasteiger partial charge on any atom is -0.480 e. The number of carbonyl (C=O) groups is 2. The third-order valence-corrected chi connectivity index (χ3v) is 7.74. The number of hydrogen-bond donors (Lipinski definition) is 2. The molecule has 2 atom stereocenters. The van der Waals surface area contributed by atoms with Gasteiger partial charge in [-0.25, -0.2) is 4.79 Å². The Morgan fingerprint density at radius 1 is 0.968 bits per heavy atom. The second-order valence-corrected chi connectivity index (χ2v) is 9.88. The second kappa shape index (κ2) is 10.4. The van der Waals surface area contributed by atoms with E-state index >= 15 is 0 Å². The van der Waals surface area contributed by atoms with Gasteiger partial charge in [0.15, 0.2) is 0 Å². The number of amides is 1. The summed E-state index contributed by atoms with van der Waals surface area (Å²) in [6, 6.07) is 8.21. The normalized spacial score (nSPS) is 25.4. The van der Waals surface area contributed by atoms with Crippen LogP contribution in [0.2, 0.25) is 0 Å². The molecule has 1 aromatic rings. The van der Waals surface area contributed by atoms with Crippen molar-refractivity contribution in [2.24, 2.45) is 0 Å². The molecule has 1 amide bonds. The largest absolute Gasteiger partial charge is 0.480 e.